The van der Waals surface area contributed by atoms with Gasteiger partial charge in [0.25, 0.3) is 5.91 Å². The Morgan fingerprint density at radius 3 is 2.54 bits per heavy atom. The Morgan fingerprint density at radius 1 is 1.04 bits per heavy atom. The first-order valence-corrected chi connectivity index (χ1v) is 8.77. The van der Waals surface area contributed by atoms with Gasteiger partial charge in [0, 0.05) is 4.88 Å². The fourth-order valence-corrected chi connectivity index (χ4v) is 3.90. The van der Waals surface area contributed by atoms with Gasteiger partial charge in [-0.3, -0.25) is 9.69 Å². The van der Waals surface area contributed by atoms with E-state index in [9.17, 15) is 4.79 Å². The highest BCUT2D eigenvalue weighted by molar-refractivity contribution is 8.19. The van der Waals surface area contributed by atoms with Crippen molar-refractivity contribution in [2.45, 2.75) is 0 Å². The molecule has 1 saturated heterocycles. The zero-order valence-corrected chi connectivity index (χ0v) is 13.9. The van der Waals surface area contributed by atoms with Crippen LogP contribution in [-0.4, -0.2) is 25.9 Å². The number of hydrogen-bond acceptors (Lipinski definition) is 6. The lowest BCUT2D eigenvalue weighted by atomic mass is 10.3. The lowest BCUT2D eigenvalue weighted by Gasteiger charge is -2.14. The third-order valence-corrected chi connectivity index (χ3v) is 5.02. The van der Waals surface area contributed by atoms with Gasteiger partial charge in [-0.25, -0.2) is 4.68 Å². The second-order valence-corrected chi connectivity index (χ2v) is 6.82. The quantitative estimate of drug-likeness (QED) is 0.678. The van der Waals surface area contributed by atoms with Gasteiger partial charge in [-0.05, 0) is 41.4 Å². The monoisotopic (exact) mass is 353 g/mol. The molecule has 0 saturated carbocycles. The minimum absolute atomic E-state index is 0.0913. The molecule has 1 amide bonds. The van der Waals surface area contributed by atoms with Gasteiger partial charge in [-0.1, -0.05) is 24.3 Å². The molecule has 6 nitrogen and oxygen atoms in total. The normalized spacial score (nSPS) is 18.0. The average molecular weight is 353 g/mol. The van der Waals surface area contributed by atoms with Crippen LogP contribution in [0.3, 0.4) is 0 Å². The fraction of sp³-hybridized carbons (Fsp3) is 0. The summed E-state index contributed by atoms with van der Waals surface area (Å²) in [7, 11) is 0. The van der Waals surface area contributed by atoms with Crippen molar-refractivity contribution in [3.05, 3.63) is 70.3 Å². The Bertz CT molecular complexity index is 901. The van der Waals surface area contributed by atoms with E-state index in [4.69, 9.17) is 0 Å². The molecule has 8 heteroatoms. The van der Waals surface area contributed by atoms with Crippen LogP contribution >= 0.6 is 23.1 Å². The maximum Gasteiger partial charge on any atom is 0.271 e. The van der Waals surface area contributed by atoms with Crippen LogP contribution in [0.15, 0.2) is 70.5 Å². The summed E-state index contributed by atoms with van der Waals surface area (Å²) in [6.45, 7) is 0. The summed E-state index contributed by atoms with van der Waals surface area (Å²) in [5, 5.41) is 14.5. The van der Waals surface area contributed by atoms with Crippen molar-refractivity contribution in [3.8, 4) is 0 Å². The van der Waals surface area contributed by atoms with E-state index in [2.05, 4.69) is 15.3 Å². The molecule has 0 unspecified atom stereocenters. The van der Waals surface area contributed by atoms with Crippen LogP contribution in [0.4, 0.5) is 5.69 Å². The minimum atomic E-state index is -0.0913. The molecule has 118 valence electrons. The second-order valence-electron chi connectivity index (χ2n) is 4.83. The highest BCUT2D eigenvalue weighted by Gasteiger charge is 2.35. The second kappa shape index (κ2) is 6.42. The molecule has 2 aromatic heterocycles. The highest BCUT2D eigenvalue weighted by Crippen LogP contribution is 2.36. The molecule has 0 bridgehead atoms. The SMILES string of the molecule is O=C1/C(=C/c2cccs2)SC(=Nn2cnnc2)N1c1ccccc1. The summed E-state index contributed by atoms with van der Waals surface area (Å²) in [4.78, 5) is 16.2. The summed E-state index contributed by atoms with van der Waals surface area (Å²) < 4.78 is 1.49. The number of amides is 1. The first-order valence-electron chi connectivity index (χ1n) is 7.07. The average Bonchev–Trinajstić information content (AvgIpc) is 3.33. The Morgan fingerprint density at radius 2 is 1.83 bits per heavy atom. The number of aromatic nitrogens is 3. The molecule has 0 spiro atoms. The molecule has 4 rings (SSSR count). The summed E-state index contributed by atoms with van der Waals surface area (Å²) >= 11 is 2.93. The Balaban J connectivity index is 1.77. The van der Waals surface area contributed by atoms with E-state index >= 15 is 0 Å². The number of rotatable bonds is 3. The Labute approximate surface area is 146 Å². The number of thioether (sulfide) groups is 1. The number of carbonyl (C=O) groups excluding carboxylic acids is 1. The number of carbonyl (C=O) groups is 1. The minimum Gasteiger partial charge on any atom is -0.268 e. The lowest BCUT2D eigenvalue weighted by molar-refractivity contribution is -0.113. The first-order chi connectivity index (χ1) is 11.8. The predicted octanol–water partition coefficient (Wildman–Crippen LogP) is 3.28. The maximum atomic E-state index is 12.9. The lowest BCUT2D eigenvalue weighted by Crippen LogP contribution is -2.29. The summed E-state index contributed by atoms with van der Waals surface area (Å²) in [5.74, 6) is -0.0913. The molecule has 1 aromatic carbocycles. The zero-order chi connectivity index (χ0) is 16.4. The van der Waals surface area contributed by atoms with E-state index < -0.39 is 0 Å². The van der Waals surface area contributed by atoms with Crippen molar-refractivity contribution >= 4 is 45.9 Å². The molecule has 0 N–H and O–H groups in total. The third-order valence-electron chi connectivity index (χ3n) is 3.24. The Kier molecular flexibility index (Phi) is 3.97. The van der Waals surface area contributed by atoms with E-state index in [0.717, 1.165) is 10.6 Å². The molecule has 0 radical (unpaired) electrons. The molecule has 0 atom stereocenters. The van der Waals surface area contributed by atoms with Crippen molar-refractivity contribution in [1.82, 2.24) is 14.9 Å². The zero-order valence-electron chi connectivity index (χ0n) is 12.3. The van der Waals surface area contributed by atoms with Gasteiger partial charge in [-0.2, -0.15) is 0 Å². The van der Waals surface area contributed by atoms with Crippen molar-refractivity contribution in [2.75, 3.05) is 4.90 Å². The van der Waals surface area contributed by atoms with E-state index in [1.807, 2.05) is 53.9 Å². The smallest absolute Gasteiger partial charge is 0.268 e. The number of nitrogens with zero attached hydrogens (tertiary/aromatic N) is 5. The largest absolute Gasteiger partial charge is 0.271 e. The fourth-order valence-electron chi connectivity index (χ4n) is 2.19. The molecule has 3 aromatic rings. The van der Waals surface area contributed by atoms with Crippen molar-refractivity contribution in [1.29, 1.82) is 0 Å². The summed E-state index contributed by atoms with van der Waals surface area (Å²) in [6.07, 6.45) is 4.87. The molecular weight excluding hydrogens is 342 g/mol. The van der Waals surface area contributed by atoms with Gasteiger partial charge >= 0.3 is 0 Å². The number of anilines is 1. The van der Waals surface area contributed by atoms with Gasteiger partial charge in [0.1, 0.15) is 12.7 Å². The van der Waals surface area contributed by atoms with Crippen LogP contribution in [0, 0.1) is 0 Å². The summed E-state index contributed by atoms with van der Waals surface area (Å²) in [5.41, 5.74) is 0.774. The van der Waals surface area contributed by atoms with Crippen LogP contribution in [-0.2, 0) is 4.79 Å². The topological polar surface area (TPSA) is 63.4 Å². The van der Waals surface area contributed by atoms with Crippen molar-refractivity contribution < 1.29 is 4.79 Å². The van der Waals surface area contributed by atoms with Gasteiger partial charge in [0.2, 0.25) is 5.17 Å². The molecule has 0 aliphatic carbocycles. The van der Waals surface area contributed by atoms with E-state index in [-0.39, 0.29) is 5.91 Å². The van der Waals surface area contributed by atoms with Crippen LogP contribution in [0.5, 0.6) is 0 Å². The van der Waals surface area contributed by atoms with Crippen molar-refractivity contribution in [2.24, 2.45) is 5.10 Å². The van der Waals surface area contributed by atoms with Gasteiger partial charge in [0.05, 0.1) is 10.6 Å². The molecule has 24 heavy (non-hydrogen) atoms. The Hall–Kier alpha value is -2.71. The van der Waals surface area contributed by atoms with Crippen molar-refractivity contribution in [3.63, 3.8) is 0 Å². The predicted molar refractivity (Wildman–Crippen MR) is 96.7 cm³/mol. The molecular formula is C16H11N5OS2. The molecule has 1 fully saturated rings. The molecule has 3 heterocycles. The number of para-hydroxylation sites is 1. The van der Waals surface area contributed by atoms with Gasteiger partial charge in [-0.15, -0.1) is 26.6 Å². The van der Waals surface area contributed by atoms with Crippen LogP contribution in [0.2, 0.25) is 0 Å². The van der Waals surface area contributed by atoms with Gasteiger partial charge < -0.3 is 0 Å². The van der Waals surface area contributed by atoms with E-state index in [1.54, 1.807) is 16.2 Å². The maximum absolute atomic E-state index is 12.9. The molecule has 1 aliphatic heterocycles. The summed E-state index contributed by atoms with van der Waals surface area (Å²) in [6, 6.07) is 13.4. The van der Waals surface area contributed by atoms with E-state index in [1.165, 1.54) is 29.1 Å². The number of amidine groups is 1. The number of benzene rings is 1. The first kappa shape index (κ1) is 14.9. The number of thiophene rings is 1. The van der Waals surface area contributed by atoms with Gasteiger partial charge in [0.15, 0.2) is 0 Å². The van der Waals surface area contributed by atoms with Crippen LogP contribution in [0.1, 0.15) is 4.88 Å². The standard InChI is InChI=1S/C16H11N5OS2/c22-15-14(9-13-7-4-8-23-13)24-16(19-20-10-17-18-11-20)21(15)12-5-2-1-3-6-12/h1-11H/b14-9-,19-16?. The number of hydrogen-bond donors (Lipinski definition) is 0. The highest BCUT2D eigenvalue weighted by atomic mass is 32.2. The third kappa shape index (κ3) is 2.89. The molecule has 1 aliphatic rings. The van der Waals surface area contributed by atoms with Crippen LogP contribution < -0.4 is 4.90 Å². The van der Waals surface area contributed by atoms with E-state index in [0.29, 0.717) is 10.1 Å². The van der Waals surface area contributed by atoms with Crippen LogP contribution in [0.25, 0.3) is 6.08 Å².